The molecule has 0 radical (unpaired) electrons. The Labute approximate surface area is 138 Å². The lowest BCUT2D eigenvalue weighted by molar-refractivity contribution is 0.0114. The summed E-state index contributed by atoms with van der Waals surface area (Å²) in [6.07, 6.45) is 2.86. The molecule has 0 spiro atoms. The van der Waals surface area contributed by atoms with Gasteiger partial charge in [-0.1, -0.05) is 18.2 Å². The summed E-state index contributed by atoms with van der Waals surface area (Å²) in [4.78, 5) is 14.2. The van der Waals surface area contributed by atoms with Crippen molar-refractivity contribution < 1.29 is 14.6 Å². The number of ether oxygens (including phenoxy) is 1. The smallest absolute Gasteiger partial charge is 0.410 e. The van der Waals surface area contributed by atoms with Crippen LogP contribution < -0.4 is 5.32 Å². The van der Waals surface area contributed by atoms with E-state index in [1.54, 1.807) is 0 Å². The van der Waals surface area contributed by atoms with Gasteiger partial charge < -0.3 is 20.1 Å². The van der Waals surface area contributed by atoms with Gasteiger partial charge in [0.15, 0.2) is 0 Å². The Morgan fingerprint density at radius 1 is 1.35 bits per heavy atom. The SMILES string of the molecule is CC(C)(C)OC(=O)N1CCCCC1CNc1ccccc1CO. The highest BCUT2D eigenvalue weighted by molar-refractivity contribution is 5.69. The summed E-state index contributed by atoms with van der Waals surface area (Å²) in [5, 5.41) is 12.8. The summed E-state index contributed by atoms with van der Waals surface area (Å²) in [6, 6.07) is 7.81. The third kappa shape index (κ3) is 5.13. The van der Waals surface area contributed by atoms with Crippen LogP contribution in [0.2, 0.25) is 0 Å². The normalized spacial score (nSPS) is 18.6. The van der Waals surface area contributed by atoms with E-state index in [-0.39, 0.29) is 18.7 Å². The standard InChI is InChI=1S/C18H28N2O3/c1-18(2,3)23-17(22)20-11-7-6-9-15(20)12-19-16-10-5-4-8-14(16)13-21/h4-5,8,10,15,19,21H,6-7,9,11-13H2,1-3H3. The van der Waals surface area contributed by atoms with Gasteiger partial charge in [0.1, 0.15) is 5.60 Å². The molecule has 1 fully saturated rings. The number of hydrogen-bond acceptors (Lipinski definition) is 4. The molecular weight excluding hydrogens is 292 g/mol. The molecule has 1 unspecified atom stereocenters. The number of rotatable bonds is 4. The van der Waals surface area contributed by atoms with E-state index in [4.69, 9.17) is 4.74 Å². The first-order chi connectivity index (χ1) is 10.9. The van der Waals surface area contributed by atoms with Crippen LogP contribution in [0.25, 0.3) is 0 Å². The van der Waals surface area contributed by atoms with Crippen molar-refractivity contribution >= 4 is 11.8 Å². The molecule has 5 nitrogen and oxygen atoms in total. The summed E-state index contributed by atoms with van der Waals surface area (Å²) >= 11 is 0. The van der Waals surface area contributed by atoms with Crippen LogP contribution in [0.5, 0.6) is 0 Å². The Kier molecular flexibility index (Phi) is 5.88. The van der Waals surface area contributed by atoms with Gasteiger partial charge in [-0.3, -0.25) is 0 Å². The Morgan fingerprint density at radius 2 is 2.09 bits per heavy atom. The fraction of sp³-hybridized carbons (Fsp3) is 0.611. The Bertz CT molecular complexity index is 525. The maximum atomic E-state index is 12.4. The van der Waals surface area contributed by atoms with Gasteiger partial charge >= 0.3 is 6.09 Å². The topological polar surface area (TPSA) is 61.8 Å². The number of anilines is 1. The summed E-state index contributed by atoms with van der Waals surface area (Å²) < 4.78 is 5.52. The quantitative estimate of drug-likeness (QED) is 0.893. The predicted molar refractivity (Wildman–Crippen MR) is 91.4 cm³/mol. The van der Waals surface area contributed by atoms with E-state index in [0.29, 0.717) is 6.54 Å². The van der Waals surface area contributed by atoms with Crippen LogP contribution in [0.15, 0.2) is 24.3 Å². The zero-order valence-corrected chi connectivity index (χ0v) is 14.3. The fourth-order valence-corrected chi connectivity index (χ4v) is 2.83. The van der Waals surface area contributed by atoms with Crippen LogP contribution in [0, 0.1) is 0 Å². The number of aliphatic hydroxyl groups excluding tert-OH is 1. The maximum Gasteiger partial charge on any atom is 0.410 e. The second-order valence-corrected chi connectivity index (χ2v) is 7.02. The average molecular weight is 320 g/mol. The van der Waals surface area contributed by atoms with Gasteiger partial charge in [-0.05, 0) is 46.1 Å². The minimum Gasteiger partial charge on any atom is -0.444 e. The molecule has 1 aliphatic heterocycles. The highest BCUT2D eigenvalue weighted by Crippen LogP contribution is 2.22. The number of aliphatic hydroxyl groups is 1. The van der Waals surface area contributed by atoms with Crippen molar-refractivity contribution in [2.75, 3.05) is 18.4 Å². The minimum absolute atomic E-state index is 0.00359. The molecule has 2 N–H and O–H groups in total. The first kappa shape index (κ1) is 17.6. The molecule has 2 rings (SSSR count). The molecule has 1 saturated heterocycles. The molecule has 5 heteroatoms. The number of piperidine rings is 1. The zero-order chi connectivity index (χ0) is 16.9. The lowest BCUT2D eigenvalue weighted by atomic mass is 10.0. The second kappa shape index (κ2) is 7.68. The van der Waals surface area contributed by atoms with E-state index < -0.39 is 5.60 Å². The minimum atomic E-state index is -0.476. The summed E-state index contributed by atoms with van der Waals surface area (Å²) in [5.74, 6) is 0. The van der Waals surface area contributed by atoms with Crippen molar-refractivity contribution in [3.05, 3.63) is 29.8 Å². The maximum absolute atomic E-state index is 12.4. The van der Waals surface area contributed by atoms with Crippen LogP contribution >= 0.6 is 0 Å². The molecule has 1 amide bonds. The lowest BCUT2D eigenvalue weighted by Gasteiger charge is -2.37. The number of benzene rings is 1. The summed E-state index contributed by atoms with van der Waals surface area (Å²) in [5.41, 5.74) is 1.31. The van der Waals surface area contributed by atoms with Crippen LogP contribution in [-0.2, 0) is 11.3 Å². The van der Waals surface area contributed by atoms with Crippen molar-refractivity contribution in [3.63, 3.8) is 0 Å². The number of carbonyl (C=O) groups is 1. The zero-order valence-electron chi connectivity index (χ0n) is 14.3. The van der Waals surface area contributed by atoms with E-state index in [2.05, 4.69) is 5.32 Å². The van der Waals surface area contributed by atoms with Crippen LogP contribution in [0.1, 0.15) is 45.6 Å². The molecule has 0 aliphatic carbocycles. The van der Waals surface area contributed by atoms with Gasteiger partial charge in [0, 0.05) is 24.3 Å². The molecule has 23 heavy (non-hydrogen) atoms. The van der Waals surface area contributed by atoms with Crippen LogP contribution in [0.3, 0.4) is 0 Å². The van der Waals surface area contributed by atoms with Crippen molar-refractivity contribution in [2.24, 2.45) is 0 Å². The first-order valence-corrected chi connectivity index (χ1v) is 8.33. The van der Waals surface area contributed by atoms with Gasteiger partial charge in [0.25, 0.3) is 0 Å². The highest BCUT2D eigenvalue weighted by atomic mass is 16.6. The first-order valence-electron chi connectivity index (χ1n) is 8.33. The monoisotopic (exact) mass is 320 g/mol. The number of amides is 1. The van der Waals surface area contributed by atoms with E-state index in [1.165, 1.54) is 0 Å². The molecule has 1 aliphatic rings. The van der Waals surface area contributed by atoms with Crippen molar-refractivity contribution in [2.45, 2.75) is 58.3 Å². The Morgan fingerprint density at radius 3 is 2.78 bits per heavy atom. The lowest BCUT2D eigenvalue weighted by Crippen LogP contribution is -2.48. The largest absolute Gasteiger partial charge is 0.444 e. The third-order valence-electron chi connectivity index (χ3n) is 3.97. The van der Waals surface area contributed by atoms with Crippen molar-refractivity contribution in [1.82, 2.24) is 4.90 Å². The summed E-state index contributed by atoms with van der Waals surface area (Å²) in [7, 11) is 0. The van der Waals surface area contributed by atoms with Crippen LogP contribution in [-0.4, -0.2) is 40.8 Å². The third-order valence-corrected chi connectivity index (χ3v) is 3.97. The summed E-state index contributed by atoms with van der Waals surface area (Å²) in [6.45, 7) is 7.07. The second-order valence-electron chi connectivity index (χ2n) is 7.02. The number of nitrogens with zero attached hydrogens (tertiary/aromatic N) is 1. The van der Waals surface area contributed by atoms with E-state index in [0.717, 1.165) is 37.1 Å². The molecule has 1 heterocycles. The Balaban J connectivity index is 2.00. The molecule has 1 aromatic carbocycles. The van der Waals surface area contributed by atoms with Gasteiger partial charge in [0.05, 0.1) is 12.6 Å². The number of hydrogen-bond donors (Lipinski definition) is 2. The number of likely N-dealkylation sites (tertiary alicyclic amines) is 1. The molecule has 1 aromatic rings. The predicted octanol–water partition coefficient (Wildman–Crippen LogP) is 3.38. The van der Waals surface area contributed by atoms with E-state index >= 15 is 0 Å². The number of carbonyl (C=O) groups excluding carboxylic acids is 1. The van der Waals surface area contributed by atoms with Gasteiger partial charge in [-0.25, -0.2) is 4.79 Å². The Hall–Kier alpha value is -1.75. The van der Waals surface area contributed by atoms with Gasteiger partial charge in [0.2, 0.25) is 0 Å². The fourth-order valence-electron chi connectivity index (χ4n) is 2.83. The molecular formula is C18H28N2O3. The van der Waals surface area contributed by atoms with E-state index in [1.807, 2.05) is 49.9 Å². The average Bonchev–Trinajstić information content (AvgIpc) is 2.51. The van der Waals surface area contributed by atoms with Gasteiger partial charge in [-0.2, -0.15) is 0 Å². The molecule has 0 aromatic heterocycles. The molecule has 0 bridgehead atoms. The molecule has 1 atom stereocenters. The van der Waals surface area contributed by atoms with Crippen molar-refractivity contribution in [3.8, 4) is 0 Å². The number of para-hydroxylation sites is 1. The van der Waals surface area contributed by atoms with Crippen LogP contribution in [0.4, 0.5) is 10.5 Å². The molecule has 128 valence electrons. The highest BCUT2D eigenvalue weighted by Gasteiger charge is 2.30. The van der Waals surface area contributed by atoms with E-state index in [9.17, 15) is 9.90 Å². The number of nitrogens with one attached hydrogen (secondary N) is 1. The van der Waals surface area contributed by atoms with Gasteiger partial charge in [-0.15, -0.1) is 0 Å². The molecule has 0 saturated carbocycles. The van der Waals surface area contributed by atoms with Crippen molar-refractivity contribution in [1.29, 1.82) is 0 Å².